The second kappa shape index (κ2) is 4.73. The maximum atomic E-state index is 12.0. The van der Waals surface area contributed by atoms with Gasteiger partial charge in [0.05, 0.1) is 18.5 Å². The molecule has 1 aromatic rings. The topological polar surface area (TPSA) is 20.3 Å². The Kier molecular flexibility index (Phi) is 3.75. The summed E-state index contributed by atoms with van der Waals surface area (Å²) in [6.45, 7) is 1.41. The minimum atomic E-state index is 0.0620. The second-order valence-electron chi connectivity index (χ2n) is 3.38. The number of likely N-dealkylation sites (tertiary alicyclic amines) is 1. The fourth-order valence-corrected chi connectivity index (χ4v) is 4.60. The highest BCUT2D eigenvalue weighted by Crippen LogP contribution is 2.33. The predicted octanol–water partition coefficient (Wildman–Crippen LogP) is 3.73. The summed E-state index contributed by atoms with van der Waals surface area (Å²) in [6.07, 6.45) is 0.885. The van der Waals surface area contributed by atoms with Crippen molar-refractivity contribution in [3.8, 4) is 0 Å². The van der Waals surface area contributed by atoms with Crippen LogP contribution in [0.25, 0.3) is 0 Å². The summed E-state index contributed by atoms with van der Waals surface area (Å²) in [5.41, 5.74) is 0.720. The first kappa shape index (κ1) is 11.9. The van der Waals surface area contributed by atoms with Crippen LogP contribution in [0.3, 0.4) is 0 Å². The van der Waals surface area contributed by atoms with Crippen LogP contribution in [0.2, 0.25) is 0 Å². The summed E-state index contributed by atoms with van der Waals surface area (Å²) in [6, 6.07) is 1.85. The van der Waals surface area contributed by atoms with Gasteiger partial charge in [-0.05, 0) is 44.3 Å². The minimum Gasteiger partial charge on any atom is -0.337 e. The fourth-order valence-electron chi connectivity index (χ4n) is 1.56. The maximum Gasteiger partial charge on any atom is 0.255 e. The summed E-state index contributed by atoms with van der Waals surface area (Å²) in [7, 11) is 0. The van der Waals surface area contributed by atoms with Crippen molar-refractivity contribution in [1.29, 1.82) is 0 Å². The van der Waals surface area contributed by atoms with Gasteiger partial charge < -0.3 is 4.90 Å². The van der Waals surface area contributed by atoms with Crippen molar-refractivity contribution in [2.75, 3.05) is 13.1 Å². The number of thiophene rings is 1. The van der Waals surface area contributed by atoms with Gasteiger partial charge in [0, 0.05) is 13.1 Å². The molecule has 1 aromatic heterocycles. The van der Waals surface area contributed by atoms with Crippen molar-refractivity contribution in [1.82, 2.24) is 4.90 Å². The minimum absolute atomic E-state index is 0.0620. The van der Waals surface area contributed by atoms with Crippen LogP contribution in [0.15, 0.2) is 13.6 Å². The molecule has 0 aromatic carbocycles. The van der Waals surface area contributed by atoms with Crippen LogP contribution < -0.4 is 0 Å². The lowest BCUT2D eigenvalue weighted by atomic mass is 10.3. The lowest BCUT2D eigenvalue weighted by Crippen LogP contribution is -2.28. The smallest absolute Gasteiger partial charge is 0.255 e. The maximum absolute atomic E-state index is 12.0. The number of rotatable bonds is 1. The molecule has 15 heavy (non-hydrogen) atoms. The Bertz CT molecular complexity index is 395. The van der Waals surface area contributed by atoms with Gasteiger partial charge in [0.1, 0.15) is 0 Å². The van der Waals surface area contributed by atoms with Gasteiger partial charge in [0.25, 0.3) is 5.91 Å². The first-order valence-electron chi connectivity index (χ1n) is 4.46. The van der Waals surface area contributed by atoms with Gasteiger partial charge in [-0.2, -0.15) is 0 Å². The predicted molar refractivity (Wildman–Crippen MR) is 69.9 cm³/mol. The van der Waals surface area contributed by atoms with Crippen molar-refractivity contribution < 1.29 is 4.79 Å². The summed E-state index contributed by atoms with van der Waals surface area (Å²) < 4.78 is 1.83. The molecule has 2 rings (SSSR count). The Balaban J connectivity index is 2.17. The molecule has 82 valence electrons. The molecule has 6 heteroatoms. The van der Waals surface area contributed by atoms with Crippen molar-refractivity contribution >= 4 is 60.7 Å². The number of hydrogen-bond donors (Lipinski definition) is 0. The summed E-state index contributed by atoms with van der Waals surface area (Å²) in [4.78, 5) is 13.9. The third-order valence-corrected chi connectivity index (χ3v) is 5.00. The van der Waals surface area contributed by atoms with E-state index < -0.39 is 0 Å². The zero-order chi connectivity index (χ0) is 11.0. The van der Waals surface area contributed by atoms with E-state index in [2.05, 4.69) is 31.9 Å². The van der Waals surface area contributed by atoms with E-state index in [0.29, 0.717) is 6.54 Å². The lowest BCUT2D eigenvalue weighted by molar-refractivity contribution is 0.0793. The molecule has 0 saturated carbocycles. The first-order chi connectivity index (χ1) is 7.08. The van der Waals surface area contributed by atoms with Gasteiger partial charge in [-0.15, -0.1) is 22.9 Å². The molecule has 1 aliphatic heterocycles. The number of hydrogen-bond acceptors (Lipinski definition) is 2. The molecular formula is C9H8Br2ClNOS. The van der Waals surface area contributed by atoms with Gasteiger partial charge >= 0.3 is 0 Å². The summed E-state index contributed by atoms with van der Waals surface area (Å²) in [5, 5.41) is 0.106. The third-order valence-electron chi connectivity index (χ3n) is 2.31. The van der Waals surface area contributed by atoms with Crippen LogP contribution in [0, 0.1) is 0 Å². The molecule has 0 N–H and O–H groups in total. The molecule has 1 amide bonds. The monoisotopic (exact) mass is 371 g/mol. The van der Waals surface area contributed by atoms with Gasteiger partial charge in [-0.25, -0.2) is 0 Å². The molecule has 2 nitrogen and oxygen atoms in total. The molecule has 2 heterocycles. The zero-order valence-electron chi connectivity index (χ0n) is 7.67. The SMILES string of the molecule is O=C(c1cc(Br)sc1Br)N1CCC(Cl)C1. The third kappa shape index (κ3) is 2.57. The highest BCUT2D eigenvalue weighted by atomic mass is 79.9. The highest BCUT2D eigenvalue weighted by Gasteiger charge is 2.27. The van der Waals surface area contributed by atoms with Crippen LogP contribution >= 0.6 is 54.8 Å². The number of carbonyl (C=O) groups excluding carboxylic acids is 1. The molecule has 0 bridgehead atoms. The molecule has 0 aliphatic carbocycles. The normalized spacial score (nSPS) is 21.0. The van der Waals surface area contributed by atoms with Crippen molar-refractivity contribution in [3.63, 3.8) is 0 Å². The van der Waals surface area contributed by atoms with Gasteiger partial charge in [-0.3, -0.25) is 4.79 Å². The quantitative estimate of drug-likeness (QED) is 0.687. The Morgan fingerprint density at radius 2 is 2.33 bits per heavy atom. The second-order valence-corrected chi connectivity index (χ2v) is 7.74. The van der Waals surface area contributed by atoms with E-state index in [1.54, 1.807) is 4.90 Å². The molecule has 1 unspecified atom stereocenters. The number of carbonyl (C=O) groups is 1. The number of nitrogens with zero attached hydrogens (tertiary/aromatic N) is 1. The number of alkyl halides is 1. The van der Waals surface area contributed by atoms with E-state index in [4.69, 9.17) is 11.6 Å². The van der Waals surface area contributed by atoms with Crippen LogP contribution in [0.4, 0.5) is 0 Å². The average molecular weight is 373 g/mol. The molecule has 1 fully saturated rings. The standard InChI is InChI=1S/C9H8Br2ClNOS/c10-7-3-6(8(11)15-7)9(14)13-2-1-5(12)4-13/h3,5H,1-2,4H2. The van der Waals surface area contributed by atoms with E-state index in [9.17, 15) is 4.79 Å². The molecule has 1 aliphatic rings. The molecule has 1 saturated heterocycles. The van der Waals surface area contributed by atoms with Crippen LogP contribution in [-0.4, -0.2) is 29.3 Å². The average Bonchev–Trinajstić information content (AvgIpc) is 2.71. The van der Waals surface area contributed by atoms with Gasteiger partial charge in [0.2, 0.25) is 0 Å². The van der Waals surface area contributed by atoms with Crippen molar-refractivity contribution in [2.24, 2.45) is 0 Å². The van der Waals surface area contributed by atoms with E-state index in [-0.39, 0.29) is 11.3 Å². The van der Waals surface area contributed by atoms with E-state index in [0.717, 1.165) is 26.1 Å². The lowest BCUT2D eigenvalue weighted by Gasteiger charge is -2.14. The highest BCUT2D eigenvalue weighted by molar-refractivity contribution is 9.12. The summed E-state index contributed by atoms with van der Waals surface area (Å²) in [5.74, 6) is 0.0620. The van der Waals surface area contributed by atoms with Gasteiger partial charge in [0.15, 0.2) is 0 Å². The van der Waals surface area contributed by atoms with Crippen molar-refractivity contribution in [2.45, 2.75) is 11.8 Å². The largest absolute Gasteiger partial charge is 0.337 e. The Morgan fingerprint density at radius 3 is 2.80 bits per heavy atom. The molecule has 0 radical (unpaired) electrons. The van der Waals surface area contributed by atoms with Crippen LogP contribution in [0.5, 0.6) is 0 Å². The Labute approximate surface area is 114 Å². The zero-order valence-corrected chi connectivity index (χ0v) is 12.4. The molecule has 1 atom stereocenters. The van der Waals surface area contributed by atoms with Crippen LogP contribution in [0.1, 0.15) is 16.8 Å². The first-order valence-corrected chi connectivity index (χ1v) is 7.30. The van der Waals surface area contributed by atoms with E-state index >= 15 is 0 Å². The fraction of sp³-hybridized carbons (Fsp3) is 0.444. The van der Waals surface area contributed by atoms with Crippen molar-refractivity contribution in [3.05, 3.63) is 19.2 Å². The molecular weight excluding hydrogens is 365 g/mol. The number of amides is 1. The Hall–Kier alpha value is 0.420. The molecule has 0 spiro atoms. The van der Waals surface area contributed by atoms with Crippen LogP contribution in [-0.2, 0) is 0 Å². The van der Waals surface area contributed by atoms with Gasteiger partial charge in [-0.1, -0.05) is 0 Å². The number of halogens is 3. The Morgan fingerprint density at radius 1 is 1.60 bits per heavy atom. The summed E-state index contributed by atoms with van der Waals surface area (Å²) >= 11 is 14.2. The van der Waals surface area contributed by atoms with E-state index in [1.807, 2.05) is 6.07 Å². The van der Waals surface area contributed by atoms with E-state index in [1.165, 1.54) is 11.3 Å².